The molecule has 7 nitrogen and oxygen atoms in total. The average molecular weight is 467 g/mol. The molecule has 0 aliphatic heterocycles. The van der Waals surface area contributed by atoms with Crippen LogP contribution in [0, 0.1) is 0 Å². The number of nitrogens with one attached hydrogen (secondary N) is 1. The van der Waals surface area contributed by atoms with E-state index >= 15 is 0 Å². The van der Waals surface area contributed by atoms with E-state index in [0.29, 0.717) is 25.8 Å². The highest BCUT2D eigenvalue weighted by Crippen LogP contribution is 2.44. The average Bonchev–Trinajstić information content (AvgIpc) is 3.16. The van der Waals surface area contributed by atoms with Crippen LogP contribution < -0.4 is 5.32 Å². The second-order valence-corrected chi connectivity index (χ2v) is 8.74. The molecular formula is C27H34N2O5. The standard InChI is InChI=1S/C27H34N2O5/c1-3-19(2)29(17-26(31)32)25(30)15-5-4-10-16-28-27(33)34-18-24-22-13-8-6-11-20(22)21-12-7-9-14-23(21)24/h6-9,11-14,19,24H,3-5,10,15-18H2,1-2H3,(H,28,33)(H,31,32). The molecule has 34 heavy (non-hydrogen) atoms. The largest absolute Gasteiger partial charge is 0.480 e. The Labute approximate surface area is 201 Å². The summed E-state index contributed by atoms with van der Waals surface area (Å²) in [5, 5.41) is 11.8. The van der Waals surface area contributed by atoms with Crippen LogP contribution >= 0.6 is 0 Å². The third-order valence-electron chi connectivity index (χ3n) is 6.43. The molecule has 0 aromatic heterocycles. The Balaban J connectivity index is 1.37. The van der Waals surface area contributed by atoms with E-state index in [1.165, 1.54) is 27.2 Å². The van der Waals surface area contributed by atoms with Gasteiger partial charge in [-0.3, -0.25) is 9.59 Å². The van der Waals surface area contributed by atoms with Gasteiger partial charge in [0.05, 0.1) is 0 Å². The van der Waals surface area contributed by atoms with Crippen molar-refractivity contribution >= 4 is 18.0 Å². The maximum Gasteiger partial charge on any atom is 0.407 e. The van der Waals surface area contributed by atoms with Gasteiger partial charge in [-0.25, -0.2) is 4.79 Å². The zero-order chi connectivity index (χ0) is 24.5. The lowest BCUT2D eigenvalue weighted by Gasteiger charge is -2.27. The van der Waals surface area contributed by atoms with Crippen LogP contribution in [0.3, 0.4) is 0 Å². The van der Waals surface area contributed by atoms with Gasteiger partial charge in [0.2, 0.25) is 5.91 Å². The summed E-state index contributed by atoms with van der Waals surface area (Å²) in [6, 6.07) is 16.3. The smallest absolute Gasteiger partial charge is 0.407 e. The molecule has 2 aromatic carbocycles. The Morgan fingerprint density at radius 1 is 1.00 bits per heavy atom. The molecule has 0 saturated heterocycles. The molecule has 0 spiro atoms. The molecule has 1 aliphatic rings. The maximum atomic E-state index is 12.4. The number of carboxylic acid groups (broad SMARTS) is 1. The van der Waals surface area contributed by atoms with Crippen LogP contribution in [0.4, 0.5) is 4.79 Å². The second-order valence-electron chi connectivity index (χ2n) is 8.74. The molecular weight excluding hydrogens is 432 g/mol. The molecule has 0 saturated carbocycles. The summed E-state index contributed by atoms with van der Waals surface area (Å²) in [5.41, 5.74) is 4.74. The van der Waals surface area contributed by atoms with Crippen molar-refractivity contribution in [3.63, 3.8) is 0 Å². The molecule has 2 amide bonds. The molecule has 1 aliphatic carbocycles. The van der Waals surface area contributed by atoms with E-state index in [1.54, 1.807) is 0 Å². The Hall–Kier alpha value is -3.35. The van der Waals surface area contributed by atoms with Crippen LogP contribution in [0.25, 0.3) is 11.1 Å². The first-order valence-corrected chi connectivity index (χ1v) is 12.0. The van der Waals surface area contributed by atoms with Gasteiger partial charge in [0.1, 0.15) is 13.2 Å². The van der Waals surface area contributed by atoms with Crippen molar-refractivity contribution in [1.82, 2.24) is 10.2 Å². The van der Waals surface area contributed by atoms with Crippen LogP contribution in [-0.4, -0.2) is 53.7 Å². The van der Waals surface area contributed by atoms with Crippen molar-refractivity contribution < 1.29 is 24.2 Å². The number of fused-ring (bicyclic) bond motifs is 3. The van der Waals surface area contributed by atoms with E-state index in [4.69, 9.17) is 9.84 Å². The van der Waals surface area contributed by atoms with Gasteiger partial charge in [0, 0.05) is 24.9 Å². The van der Waals surface area contributed by atoms with Crippen molar-refractivity contribution in [3.8, 4) is 11.1 Å². The lowest BCUT2D eigenvalue weighted by molar-refractivity contribution is -0.146. The van der Waals surface area contributed by atoms with Crippen LogP contribution in [0.5, 0.6) is 0 Å². The van der Waals surface area contributed by atoms with E-state index in [2.05, 4.69) is 29.6 Å². The summed E-state index contributed by atoms with van der Waals surface area (Å²) < 4.78 is 5.53. The van der Waals surface area contributed by atoms with E-state index < -0.39 is 12.1 Å². The first kappa shape index (κ1) is 25.3. The number of hydrogen-bond donors (Lipinski definition) is 2. The minimum atomic E-state index is -0.999. The number of hydrogen-bond acceptors (Lipinski definition) is 4. The normalized spacial score (nSPS) is 13.0. The predicted octanol–water partition coefficient (Wildman–Crippen LogP) is 4.80. The number of aliphatic carboxylic acids is 1. The van der Waals surface area contributed by atoms with Gasteiger partial charge in [0.15, 0.2) is 0 Å². The first-order valence-electron chi connectivity index (χ1n) is 12.0. The quantitative estimate of drug-likeness (QED) is 0.438. The summed E-state index contributed by atoms with van der Waals surface area (Å²) >= 11 is 0. The molecule has 182 valence electrons. The van der Waals surface area contributed by atoms with Crippen LogP contribution in [0.2, 0.25) is 0 Å². The molecule has 7 heteroatoms. The van der Waals surface area contributed by atoms with E-state index in [0.717, 1.165) is 12.8 Å². The zero-order valence-corrected chi connectivity index (χ0v) is 20.0. The summed E-state index contributed by atoms with van der Waals surface area (Å²) in [7, 11) is 0. The number of carbonyl (C=O) groups excluding carboxylic acids is 2. The van der Waals surface area contributed by atoms with Gasteiger partial charge in [-0.05, 0) is 48.4 Å². The minimum Gasteiger partial charge on any atom is -0.480 e. The van der Waals surface area contributed by atoms with Gasteiger partial charge >= 0.3 is 12.1 Å². The third-order valence-corrected chi connectivity index (χ3v) is 6.43. The molecule has 0 radical (unpaired) electrons. The van der Waals surface area contributed by atoms with Crippen molar-refractivity contribution in [1.29, 1.82) is 0 Å². The number of benzene rings is 2. The monoisotopic (exact) mass is 466 g/mol. The van der Waals surface area contributed by atoms with Gasteiger partial charge in [0.25, 0.3) is 0 Å². The molecule has 0 fully saturated rings. The van der Waals surface area contributed by atoms with Gasteiger partial charge in [-0.2, -0.15) is 0 Å². The molecule has 1 unspecified atom stereocenters. The molecule has 0 heterocycles. The summed E-state index contributed by atoms with van der Waals surface area (Å²) in [6.07, 6.45) is 2.71. The van der Waals surface area contributed by atoms with Crippen LogP contribution in [-0.2, 0) is 14.3 Å². The van der Waals surface area contributed by atoms with E-state index in [-0.39, 0.29) is 31.0 Å². The topological polar surface area (TPSA) is 95.9 Å². The summed E-state index contributed by atoms with van der Waals surface area (Å²) in [6.45, 7) is 4.27. The number of amides is 2. The zero-order valence-electron chi connectivity index (χ0n) is 20.0. The summed E-state index contributed by atoms with van der Waals surface area (Å²) in [5.74, 6) is -1.11. The molecule has 2 aromatic rings. The van der Waals surface area contributed by atoms with Gasteiger partial charge in [-0.15, -0.1) is 0 Å². The Morgan fingerprint density at radius 2 is 1.62 bits per heavy atom. The number of carbonyl (C=O) groups is 3. The highest BCUT2D eigenvalue weighted by Gasteiger charge is 2.29. The number of rotatable bonds is 12. The Bertz CT molecular complexity index is 961. The minimum absolute atomic E-state index is 0.0309. The predicted molar refractivity (Wildman–Crippen MR) is 131 cm³/mol. The van der Waals surface area contributed by atoms with Gasteiger partial charge < -0.3 is 20.1 Å². The van der Waals surface area contributed by atoms with Crippen molar-refractivity contribution in [2.75, 3.05) is 19.7 Å². The van der Waals surface area contributed by atoms with E-state index in [9.17, 15) is 14.4 Å². The highest BCUT2D eigenvalue weighted by atomic mass is 16.5. The number of alkyl carbamates (subject to hydrolysis) is 1. The van der Waals surface area contributed by atoms with Crippen LogP contribution in [0.1, 0.15) is 63.0 Å². The Morgan fingerprint density at radius 3 is 2.21 bits per heavy atom. The van der Waals surface area contributed by atoms with Crippen molar-refractivity contribution in [2.45, 2.75) is 57.9 Å². The fourth-order valence-electron chi connectivity index (χ4n) is 4.42. The first-order chi connectivity index (χ1) is 16.4. The molecule has 0 bridgehead atoms. The molecule has 2 N–H and O–H groups in total. The fourth-order valence-corrected chi connectivity index (χ4v) is 4.42. The molecule has 3 rings (SSSR count). The molecule has 1 atom stereocenters. The lowest BCUT2D eigenvalue weighted by atomic mass is 9.98. The number of carboxylic acids is 1. The second kappa shape index (κ2) is 12.2. The Kier molecular flexibility index (Phi) is 9.08. The van der Waals surface area contributed by atoms with E-state index in [1.807, 2.05) is 38.1 Å². The number of unbranched alkanes of at least 4 members (excludes halogenated alkanes) is 2. The number of nitrogens with zero attached hydrogens (tertiary/aromatic N) is 1. The maximum absolute atomic E-state index is 12.4. The van der Waals surface area contributed by atoms with Crippen molar-refractivity contribution in [2.24, 2.45) is 0 Å². The lowest BCUT2D eigenvalue weighted by Crippen LogP contribution is -2.41. The highest BCUT2D eigenvalue weighted by molar-refractivity contribution is 5.81. The van der Waals surface area contributed by atoms with Gasteiger partial charge in [-0.1, -0.05) is 61.9 Å². The fraction of sp³-hybridized carbons (Fsp3) is 0.444. The third kappa shape index (κ3) is 6.37. The van der Waals surface area contributed by atoms with Crippen LogP contribution in [0.15, 0.2) is 48.5 Å². The van der Waals surface area contributed by atoms with Crippen molar-refractivity contribution in [3.05, 3.63) is 59.7 Å². The number of ether oxygens (including phenoxy) is 1. The summed E-state index contributed by atoms with van der Waals surface area (Å²) in [4.78, 5) is 37.0. The SMILES string of the molecule is CCC(C)N(CC(=O)O)C(=O)CCCCCNC(=O)OCC1c2ccccc2-c2ccccc21.